The normalized spacial score (nSPS) is 12.3. The highest BCUT2D eigenvalue weighted by Crippen LogP contribution is 2.30. The van der Waals surface area contributed by atoms with E-state index in [1.54, 1.807) is 32.4 Å². The summed E-state index contributed by atoms with van der Waals surface area (Å²) in [5.41, 5.74) is 0.742. The molecule has 0 spiro atoms. The number of thiol groups is 1. The Hall–Kier alpha value is -0.870. The summed E-state index contributed by atoms with van der Waals surface area (Å²) < 4.78 is 10.3. The van der Waals surface area contributed by atoms with Crippen LogP contribution in [0.15, 0.2) is 18.2 Å². The molecule has 1 aromatic rings. The highest BCUT2D eigenvalue weighted by molar-refractivity contribution is 7.80. The van der Waals surface area contributed by atoms with E-state index in [-0.39, 0.29) is 0 Å². The second-order valence-electron chi connectivity index (χ2n) is 3.14. The Kier molecular flexibility index (Phi) is 4.78. The summed E-state index contributed by atoms with van der Waals surface area (Å²) in [5.74, 6) is 2.01. The minimum absolute atomic E-state index is 0.562. The zero-order valence-electron chi connectivity index (χ0n) is 8.93. The van der Waals surface area contributed by atoms with Crippen LogP contribution in [-0.4, -0.2) is 25.1 Å². The van der Waals surface area contributed by atoms with Crippen molar-refractivity contribution in [2.45, 2.75) is 12.5 Å². The van der Waals surface area contributed by atoms with Gasteiger partial charge in [0, 0.05) is 5.56 Å². The first-order valence-corrected chi connectivity index (χ1v) is 5.37. The van der Waals surface area contributed by atoms with Crippen LogP contribution in [0.2, 0.25) is 0 Å². The number of methoxy groups -OCH3 is 2. The first-order valence-electron chi connectivity index (χ1n) is 4.73. The van der Waals surface area contributed by atoms with Crippen molar-refractivity contribution in [1.29, 1.82) is 0 Å². The average Bonchev–Trinajstić information content (AvgIpc) is 2.28. The molecule has 1 aromatic carbocycles. The molecule has 84 valence electrons. The van der Waals surface area contributed by atoms with E-state index in [4.69, 9.17) is 9.47 Å². The van der Waals surface area contributed by atoms with Gasteiger partial charge in [-0.2, -0.15) is 12.6 Å². The van der Waals surface area contributed by atoms with E-state index in [0.717, 1.165) is 5.56 Å². The molecular formula is C11H16O3S. The van der Waals surface area contributed by atoms with Gasteiger partial charge in [0.05, 0.1) is 20.3 Å². The third-order valence-corrected chi connectivity index (χ3v) is 2.46. The molecule has 0 aliphatic carbocycles. The second-order valence-corrected chi connectivity index (χ2v) is 3.58. The minimum atomic E-state index is -0.562. The van der Waals surface area contributed by atoms with Crippen LogP contribution in [0.3, 0.4) is 0 Å². The Balaban J connectivity index is 3.00. The Morgan fingerprint density at radius 2 is 2.07 bits per heavy atom. The molecular weight excluding hydrogens is 212 g/mol. The molecule has 0 saturated heterocycles. The Bertz CT molecular complexity index is 315. The maximum atomic E-state index is 9.87. The van der Waals surface area contributed by atoms with E-state index in [2.05, 4.69) is 12.6 Å². The smallest absolute Gasteiger partial charge is 0.124 e. The molecule has 1 N–H and O–H groups in total. The summed E-state index contributed by atoms with van der Waals surface area (Å²) in [6.07, 6.45) is 0.0275. The summed E-state index contributed by atoms with van der Waals surface area (Å²) in [5, 5.41) is 9.87. The zero-order chi connectivity index (χ0) is 11.3. The fraction of sp³-hybridized carbons (Fsp3) is 0.455. The molecule has 1 atom stereocenters. The monoisotopic (exact) mass is 228 g/mol. The minimum Gasteiger partial charge on any atom is -0.497 e. The van der Waals surface area contributed by atoms with Crippen molar-refractivity contribution in [3.63, 3.8) is 0 Å². The molecule has 0 aliphatic heterocycles. The number of benzene rings is 1. The van der Waals surface area contributed by atoms with Gasteiger partial charge in [-0.3, -0.25) is 0 Å². The number of hydrogen-bond donors (Lipinski definition) is 2. The van der Waals surface area contributed by atoms with Crippen molar-refractivity contribution in [2.75, 3.05) is 20.0 Å². The van der Waals surface area contributed by atoms with Crippen molar-refractivity contribution >= 4 is 12.6 Å². The lowest BCUT2D eigenvalue weighted by Crippen LogP contribution is -2.02. The summed E-state index contributed by atoms with van der Waals surface area (Å²) in [6.45, 7) is 0. The van der Waals surface area contributed by atoms with Gasteiger partial charge in [0.2, 0.25) is 0 Å². The molecule has 0 bridgehead atoms. The van der Waals surface area contributed by atoms with Gasteiger partial charge in [0.15, 0.2) is 0 Å². The molecule has 0 fully saturated rings. The standard InChI is InChI=1S/C11H16O3S/c1-13-8-3-4-11(14-2)9(7-8)10(12)5-6-15/h3-4,7,10,12,15H,5-6H2,1-2H3. The van der Waals surface area contributed by atoms with Crippen LogP contribution >= 0.6 is 12.6 Å². The zero-order valence-corrected chi connectivity index (χ0v) is 9.83. The second kappa shape index (κ2) is 5.88. The number of hydrogen-bond acceptors (Lipinski definition) is 4. The van der Waals surface area contributed by atoms with Crippen molar-refractivity contribution < 1.29 is 14.6 Å². The molecule has 15 heavy (non-hydrogen) atoms. The molecule has 1 rings (SSSR count). The molecule has 3 nitrogen and oxygen atoms in total. The van der Waals surface area contributed by atoms with Gasteiger partial charge in [-0.1, -0.05) is 0 Å². The van der Waals surface area contributed by atoms with Gasteiger partial charge < -0.3 is 14.6 Å². The first-order chi connectivity index (χ1) is 7.22. The SMILES string of the molecule is COc1ccc(OC)c(C(O)CCS)c1. The predicted molar refractivity (Wildman–Crippen MR) is 63.0 cm³/mol. The lowest BCUT2D eigenvalue weighted by atomic mass is 10.1. The molecule has 0 radical (unpaired) electrons. The van der Waals surface area contributed by atoms with Crippen LogP contribution in [0, 0.1) is 0 Å². The third-order valence-electron chi connectivity index (χ3n) is 2.20. The Morgan fingerprint density at radius 3 is 2.60 bits per heavy atom. The topological polar surface area (TPSA) is 38.7 Å². The van der Waals surface area contributed by atoms with E-state index >= 15 is 0 Å². The van der Waals surface area contributed by atoms with E-state index < -0.39 is 6.10 Å². The van der Waals surface area contributed by atoms with E-state index in [0.29, 0.717) is 23.7 Å². The van der Waals surface area contributed by atoms with Gasteiger partial charge >= 0.3 is 0 Å². The largest absolute Gasteiger partial charge is 0.497 e. The predicted octanol–water partition coefficient (Wildman–Crippen LogP) is 2.06. The lowest BCUT2D eigenvalue weighted by molar-refractivity contribution is 0.170. The summed E-state index contributed by atoms with van der Waals surface area (Å²) in [6, 6.07) is 5.37. The number of aliphatic hydroxyl groups excluding tert-OH is 1. The van der Waals surface area contributed by atoms with E-state index in [9.17, 15) is 5.11 Å². The van der Waals surface area contributed by atoms with Crippen LogP contribution in [0.5, 0.6) is 11.5 Å². The highest BCUT2D eigenvalue weighted by atomic mass is 32.1. The van der Waals surface area contributed by atoms with Gasteiger partial charge in [-0.05, 0) is 30.4 Å². The first kappa shape index (κ1) is 12.2. The number of rotatable bonds is 5. The van der Waals surface area contributed by atoms with Gasteiger partial charge in [-0.15, -0.1) is 0 Å². The van der Waals surface area contributed by atoms with Crippen LogP contribution in [-0.2, 0) is 0 Å². The highest BCUT2D eigenvalue weighted by Gasteiger charge is 2.13. The van der Waals surface area contributed by atoms with Gasteiger partial charge in [0.1, 0.15) is 11.5 Å². The summed E-state index contributed by atoms with van der Waals surface area (Å²) in [7, 11) is 3.18. The number of ether oxygens (including phenoxy) is 2. The maximum absolute atomic E-state index is 9.87. The third kappa shape index (κ3) is 3.04. The van der Waals surface area contributed by atoms with Crippen molar-refractivity contribution in [3.8, 4) is 11.5 Å². The summed E-state index contributed by atoms with van der Waals surface area (Å²) in [4.78, 5) is 0. The lowest BCUT2D eigenvalue weighted by Gasteiger charge is -2.14. The quantitative estimate of drug-likeness (QED) is 0.758. The van der Waals surface area contributed by atoms with Gasteiger partial charge in [-0.25, -0.2) is 0 Å². The van der Waals surface area contributed by atoms with Crippen LogP contribution in [0.4, 0.5) is 0 Å². The van der Waals surface area contributed by atoms with Crippen LogP contribution in [0.25, 0.3) is 0 Å². The fourth-order valence-corrected chi connectivity index (χ4v) is 1.62. The molecule has 1 unspecified atom stereocenters. The molecule has 0 amide bonds. The molecule has 4 heteroatoms. The van der Waals surface area contributed by atoms with Crippen molar-refractivity contribution in [2.24, 2.45) is 0 Å². The Morgan fingerprint density at radius 1 is 1.33 bits per heavy atom. The van der Waals surface area contributed by atoms with E-state index in [1.807, 2.05) is 0 Å². The maximum Gasteiger partial charge on any atom is 0.124 e. The van der Waals surface area contributed by atoms with Crippen LogP contribution in [0.1, 0.15) is 18.1 Å². The summed E-state index contributed by atoms with van der Waals surface area (Å²) >= 11 is 4.09. The number of aliphatic hydroxyl groups is 1. The van der Waals surface area contributed by atoms with Gasteiger partial charge in [0.25, 0.3) is 0 Å². The molecule has 0 saturated carbocycles. The Labute approximate surface area is 95.4 Å². The van der Waals surface area contributed by atoms with Crippen molar-refractivity contribution in [3.05, 3.63) is 23.8 Å². The molecule has 0 aliphatic rings. The van der Waals surface area contributed by atoms with Crippen molar-refractivity contribution in [1.82, 2.24) is 0 Å². The average molecular weight is 228 g/mol. The molecule has 0 heterocycles. The fourth-order valence-electron chi connectivity index (χ4n) is 1.38. The molecule has 0 aromatic heterocycles. The van der Waals surface area contributed by atoms with Crippen LogP contribution < -0.4 is 9.47 Å². The van der Waals surface area contributed by atoms with E-state index in [1.165, 1.54) is 0 Å².